The van der Waals surface area contributed by atoms with Crippen molar-refractivity contribution in [1.82, 2.24) is 4.90 Å². The van der Waals surface area contributed by atoms with Crippen LogP contribution in [0, 0.1) is 0 Å². The minimum absolute atomic E-state index is 0.256. The molecule has 0 rings (SSSR count). The zero-order valence-corrected chi connectivity index (χ0v) is 7.61. The van der Waals surface area contributed by atoms with Gasteiger partial charge in [-0.2, -0.15) is 8.42 Å². The van der Waals surface area contributed by atoms with E-state index < -0.39 is 15.5 Å². The van der Waals surface area contributed by atoms with Crippen LogP contribution in [0.2, 0.25) is 0 Å². The van der Waals surface area contributed by atoms with E-state index in [4.69, 9.17) is 4.55 Å². The van der Waals surface area contributed by atoms with Crippen molar-refractivity contribution in [1.29, 1.82) is 0 Å². The van der Waals surface area contributed by atoms with Gasteiger partial charge in [0.2, 0.25) is 6.41 Å². The van der Waals surface area contributed by atoms with Crippen molar-refractivity contribution in [3.63, 3.8) is 0 Å². The maximum atomic E-state index is 10.6. The molecule has 1 atom stereocenters. The predicted octanol–water partition coefficient (Wildman–Crippen LogP) is -1.07. The Morgan fingerprint density at radius 2 is 2.17 bits per heavy atom. The number of likely N-dealkylation sites (N-methyl/N-ethyl adjacent to an activating group) is 1. The maximum Gasteiger partial charge on any atom is 0.288 e. The molecule has 1 amide bonds. The summed E-state index contributed by atoms with van der Waals surface area (Å²) >= 11 is 0. The molecule has 0 fully saturated rings. The summed E-state index contributed by atoms with van der Waals surface area (Å²) in [5.41, 5.74) is 0. The lowest BCUT2D eigenvalue weighted by Gasteiger charge is -2.20. The fraction of sp³-hybridized carbons (Fsp3) is 0.800. The fourth-order valence-electron chi connectivity index (χ4n) is 0.624. The Labute approximate surface area is 70.9 Å². The lowest BCUT2D eigenvalue weighted by Crippen LogP contribution is -2.40. The van der Waals surface area contributed by atoms with Gasteiger partial charge in [0, 0.05) is 14.2 Å². The third-order valence-electron chi connectivity index (χ3n) is 1.27. The van der Waals surface area contributed by atoms with Gasteiger partial charge in [-0.3, -0.25) is 9.35 Å². The number of carbonyl (C=O) groups is 1. The molecule has 1 N–H and O–H groups in total. The molecule has 0 aromatic rings. The Morgan fingerprint density at radius 3 is 2.42 bits per heavy atom. The number of rotatable bonds is 5. The number of ether oxygens (including phenoxy) is 1. The molecule has 0 spiro atoms. The SMILES string of the molecule is COCC(N(C)C=O)S(=O)(=O)O. The molecule has 6 nitrogen and oxygen atoms in total. The third kappa shape index (κ3) is 3.16. The number of hydrogen-bond donors (Lipinski definition) is 1. The summed E-state index contributed by atoms with van der Waals surface area (Å²) in [4.78, 5) is 11.0. The number of amides is 1. The summed E-state index contributed by atoms with van der Waals surface area (Å²) in [6.07, 6.45) is 0.303. The Bertz CT molecular complexity index is 236. The average molecular weight is 197 g/mol. The molecule has 7 heteroatoms. The van der Waals surface area contributed by atoms with Crippen molar-refractivity contribution in [2.45, 2.75) is 5.37 Å². The fourth-order valence-corrected chi connectivity index (χ4v) is 1.40. The largest absolute Gasteiger partial charge is 0.381 e. The first kappa shape index (κ1) is 11.3. The maximum absolute atomic E-state index is 10.6. The molecule has 0 aromatic carbocycles. The van der Waals surface area contributed by atoms with Gasteiger partial charge in [-0.25, -0.2) is 0 Å². The van der Waals surface area contributed by atoms with Gasteiger partial charge < -0.3 is 9.64 Å². The van der Waals surface area contributed by atoms with Crippen molar-refractivity contribution in [3.8, 4) is 0 Å². The molecule has 0 aliphatic heterocycles. The average Bonchev–Trinajstić information content (AvgIpc) is 1.96. The second kappa shape index (κ2) is 4.39. The minimum Gasteiger partial charge on any atom is -0.381 e. The molecule has 72 valence electrons. The van der Waals surface area contributed by atoms with E-state index in [1.807, 2.05) is 0 Å². The van der Waals surface area contributed by atoms with Crippen LogP contribution in [0.3, 0.4) is 0 Å². The van der Waals surface area contributed by atoms with E-state index in [2.05, 4.69) is 4.74 Å². The van der Waals surface area contributed by atoms with E-state index in [1.165, 1.54) is 14.2 Å². The van der Waals surface area contributed by atoms with Crippen LogP contribution in [0.15, 0.2) is 0 Å². The number of hydrogen-bond acceptors (Lipinski definition) is 4. The van der Waals surface area contributed by atoms with Crippen molar-refractivity contribution in [2.24, 2.45) is 0 Å². The summed E-state index contributed by atoms with van der Waals surface area (Å²) in [6, 6.07) is 0. The molecule has 0 radical (unpaired) electrons. The summed E-state index contributed by atoms with van der Waals surface area (Å²) in [7, 11) is -1.75. The second-order valence-corrected chi connectivity index (χ2v) is 3.77. The van der Waals surface area contributed by atoms with Crippen molar-refractivity contribution < 1.29 is 22.5 Å². The number of methoxy groups -OCH3 is 1. The summed E-state index contributed by atoms with van der Waals surface area (Å²) < 4.78 is 34.3. The van der Waals surface area contributed by atoms with Gasteiger partial charge in [0.1, 0.15) is 0 Å². The third-order valence-corrected chi connectivity index (χ3v) is 2.43. The molecule has 0 aliphatic rings. The minimum atomic E-state index is -4.27. The van der Waals surface area contributed by atoms with Gasteiger partial charge >= 0.3 is 0 Å². The lowest BCUT2D eigenvalue weighted by atomic mass is 10.6. The molecule has 12 heavy (non-hydrogen) atoms. The van der Waals surface area contributed by atoms with Crippen molar-refractivity contribution >= 4 is 16.5 Å². The number of carbonyl (C=O) groups excluding carboxylic acids is 1. The van der Waals surface area contributed by atoms with Crippen LogP contribution in [0.1, 0.15) is 0 Å². The van der Waals surface area contributed by atoms with Crippen molar-refractivity contribution in [2.75, 3.05) is 20.8 Å². The van der Waals surface area contributed by atoms with Crippen LogP contribution < -0.4 is 0 Å². The van der Waals surface area contributed by atoms with Crippen LogP contribution in [0.25, 0.3) is 0 Å². The Balaban J connectivity index is 4.55. The van der Waals surface area contributed by atoms with Crippen molar-refractivity contribution in [3.05, 3.63) is 0 Å². The van der Waals surface area contributed by atoms with E-state index in [9.17, 15) is 13.2 Å². The first-order chi connectivity index (χ1) is 5.43. The molecule has 0 saturated heterocycles. The summed E-state index contributed by atoms with van der Waals surface area (Å²) in [6.45, 7) is -0.256. The smallest absolute Gasteiger partial charge is 0.288 e. The van der Waals surface area contributed by atoms with Gasteiger partial charge in [0.05, 0.1) is 6.61 Å². The van der Waals surface area contributed by atoms with E-state index in [-0.39, 0.29) is 6.61 Å². The molecule has 0 bridgehead atoms. The highest BCUT2D eigenvalue weighted by atomic mass is 32.2. The van der Waals surface area contributed by atoms with Crippen LogP contribution in [0.4, 0.5) is 0 Å². The number of nitrogens with zero attached hydrogens (tertiary/aromatic N) is 1. The van der Waals surface area contributed by atoms with E-state index >= 15 is 0 Å². The predicted molar refractivity (Wildman–Crippen MR) is 41.0 cm³/mol. The van der Waals surface area contributed by atoms with Gasteiger partial charge in [-0.1, -0.05) is 0 Å². The standard InChI is InChI=1S/C5H11NO5S/c1-6(4-7)5(3-11-2)12(8,9)10/h4-5H,3H2,1-2H3,(H,8,9,10). The second-order valence-electron chi connectivity index (χ2n) is 2.20. The zero-order chi connectivity index (χ0) is 9.78. The summed E-state index contributed by atoms with van der Waals surface area (Å²) in [5.74, 6) is 0. The van der Waals surface area contributed by atoms with Gasteiger partial charge in [-0.15, -0.1) is 0 Å². The molecule has 0 saturated carbocycles. The molecule has 1 unspecified atom stereocenters. The highest BCUT2D eigenvalue weighted by Gasteiger charge is 2.26. The van der Waals surface area contributed by atoms with E-state index in [0.717, 1.165) is 4.90 Å². The Kier molecular flexibility index (Phi) is 4.15. The summed E-state index contributed by atoms with van der Waals surface area (Å²) in [5, 5.41) is -1.33. The first-order valence-corrected chi connectivity index (χ1v) is 4.56. The Morgan fingerprint density at radius 1 is 1.67 bits per heavy atom. The van der Waals surface area contributed by atoms with Gasteiger partial charge in [-0.05, 0) is 0 Å². The van der Waals surface area contributed by atoms with Gasteiger partial charge in [0.25, 0.3) is 10.1 Å². The molecular formula is C5H11NO5S. The van der Waals surface area contributed by atoms with Crippen LogP contribution in [0.5, 0.6) is 0 Å². The van der Waals surface area contributed by atoms with Crippen LogP contribution >= 0.6 is 0 Å². The molecule has 0 heterocycles. The normalized spacial score (nSPS) is 13.9. The highest BCUT2D eigenvalue weighted by molar-refractivity contribution is 7.86. The lowest BCUT2D eigenvalue weighted by molar-refractivity contribution is -0.118. The topological polar surface area (TPSA) is 83.9 Å². The van der Waals surface area contributed by atoms with E-state index in [0.29, 0.717) is 6.41 Å². The first-order valence-electron chi connectivity index (χ1n) is 3.06. The van der Waals surface area contributed by atoms with Gasteiger partial charge in [0.15, 0.2) is 5.37 Å². The highest BCUT2D eigenvalue weighted by Crippen LogP contribution is 2.02. The van der Waals surface area contributed by atoms with Crippen LogP contribution in [-0.4, -0.2) is 50.4 Å². The molecule has 0 aliphatic carbocycles. The quantitative estimate of drug-likeness (QED) is 0.448. The Hall–Kier alpha value is -0.660. The molecule has 0 aromatic heterocycles. The zero-order valence-electron chi connectivity index (χ0n) is 6.80. The van der Waals surface area contributed by atoms with E-state index in [1.54, 1.807) is 0 Å². The monoisotopic (exact) mass is 197 g/mol. The van der Waals surface area contributed by atoms with Crippen LogP contribution in [-0.2, 0) is 19.6 Å². The molecular weight excluding hydrogens is 186 g/mol.